The van der Waals surface area contributed by atoms with Crippen LogP contribution >= 0.6 is 11.3 Å². The van der Waals surface area contributed by atoms with Gasteiger partial charge in [0.2, 0.25) is 0 Å². The molecule has 1 N–H and O–H groups in total. The van der Waals surface area contributed by atoms with Crippen LogP contribution < -0.4 is 5.32 Å². The van der Waals surface area contributed by atoms with E-state index < -0.39 is 0 Å². The summed E-state index contributed by atoms with van der Waals surface area (Å²) < 4.78 is 0. The molecule has 1 aromatic rings. The number of nitrogens with zero attached hydrogens (tertiary/aromatic N) is 1. The second-order valence-corrected chi connectivity index (χ2v) is 2.99. The Morgan fingerprint density at radius 2 is 2.60 bits per heavy atom. The van der Waals surface area contributed by atoms with Gasteiger partial charge in [-0.25, -0.2) is 0 Å². The Morgan fingerprint density at radius 3 is 3.10 bits per heavy atom. The summed E-state index contributed by atoms with van der Waals surface area (Å²) in [6, 6.07) is 2.05. The Hall–Kier alpha value is -1.01. The zero-order chi connectivity index (χ0) is 7.40. The molecule has 1 rings (SSSR count). The molecular weight excluding hydrogens is 144 g/mol. The molecule has 0 saturated heterocycles. The molecule has 0 amide bonds. The van der Waals surface area contributed by atoms with E-state index in [1.807, 2.05) is 18.5 Å². The van der Waals surface area contributed by atoms with E-state index in [2.05, 4.69) is 11.4 Å². The molecule has 0 radical (unpaired) electrons. The van der Waals surface area contributed by atoms with Gasteiger partial charge >= 0.3 is 0 Å². The minimum Gasteiger partial charge on any atom is -0.319 e. The zero-order valence-corrected chi connectivity index (χ0v) is 6.53. The monoisotopic (exact) mass is 152 g/mol. The fourth-order valence-corrected chi connectivity index (χ4v) is 1.55. The molecule has 0 spiro atoms. The van der Waals surface area contributed by atoms with Crippen LogP contribution in [0.1, 0.15) is 10.4 Å². The predicted molar refractivity (Wildman–Crippen MR) is 41.5 cm³/mol. The summed E-state index contributed by atoms with van der Waals surface area (Å²) in [5.74, 6) is 0. The SMILES string of the molecule is Cc1ccsc1CNC#N. The number of aryl methyl sites for hydroxylation is 1. The summed E-state index contributed by atoms with van der Waals surface area (Å²) in [5, 5.41) is 12.8. The van der Waals surface area contributed by atoms with Crippen LogP contribution in [0.4, 0.5) is 0 Å². The molecule has 1 aromatic heterocycles. The van der Waals surface area contributed by atoms with Crippen molar-refractivity contribution < 1.29 is 0 Å². The van der Waals surface area contributed by atoms with Crippen LogP contribution in [-0.4, -0.2) is 0 Å². The molecule has 0 aliphatic carbocycles. The van der Waals surface area contributed by atoms with Gasteiger partial charge < -0.3 is 5.32 Å². The van der Waals surface area contributed by atoms with Gasteiger partial charge in [-0.3, -0.25) is 0 Å². The average Bonchev–Trinajstić information content (AvgIpc) is 2.31. The summed E-state index contributed by atoms with van der Waals surface area (Å²) in [6.07, 6.45) is 1.89. The normalized spacial score (nSPS) is 8.80. The summed E-state index contributed by atoms with van der Waals surface area (Å²) in [7, 11) is 0. The zero-order valence-electron chi connectivity index (χ0n) is 5.72. The van der Waals surface area contributed by atoms with E-state index in [0.29, 0.717) is 6.54 Å². The molecule has 0 saturated carbocycles. The third-order valence-corrected chi connectivity index (χ3v) is 2.32. The minimum absolute atomic E-state index is 0.667. The van der Waals surface area contributed by atoms with Crippen molar-refractivity contribution in [3.8, 4) is 6.19 Å². The molecule has 0 aliphatic rings. The maximum atomic E-state index is 8.20. The first-order chi connectivity index (χ1) is 4.84. The van der Waals surface area contributed by atoms with E-state index in [1.54, 1.807) is 11.3 Å². The van der Waals surface area contributed by atoms with Crippen molar-refractivity contribution in [1.82, 2.24) is 5.32 Å². The summed E-state index contributed by atoms with van der Waals surface area (Å²) >= 11 is 1.68. The number of rotatable bonds is 2. The first-order valence-corrected chi connectivity index (χ1v) is 3.87. The second-order valence-electron chi connectivity index (χ2n) is 1.99. The minimum atomic E-state index is 0.667. The lowest BCUT2D eigenvalue weighted by Crippen LogP contribution is -2.03. The Morgan fingerprint density at radius 1 is 1.80 bits per heavy atom. The molecule has 0 fully saturated rings. The molecular formula is C7H8N2S. The van der Waals surface area contributed by atoms with Gasteiger partial charge in [0.15, 0.2) is 6.19 Å². The highest BCUT2D eigenvalue weighted by Crippen LogP contribution is 2.14. The molecule has 10 heavy (non-hydrogen) atoms. The van der Waals surface area contributed by atoms with Crippen molar-refractivity contribution in [2.45, 2.75) is 13.5 Å². The number of nitrogens with one attached hydrogen (secondary N) is 1. The van der Waals surface area contributed by atoms with Crippen LogP contribution in [0, 0.1) is 18.4 Å². The van der Waals surface area contributed by atoms with Crippen molar-refractivity contribution in [2.75, 3.05) is 0 Å². The van der Waals surface area contributed by atoms with Crippen LogP contribution in [0.2, 0.25) is 0 Å². The molecule has 1 heterocycles. The highest BCUT2D eigenvalue weighted by Gasteiger charge is 1.96. The van der Waals surface area contributed by atoms with Gasteiger partial charge in [-0.2, -0.15) is 5.26 Å². The molecule has 2 nitrogen and oxygen atoms in total. The first kappa shape index (κ1) is 7.10. The van der Waals surface area contributed by atoms with Gasteiger partial charge in [-0.15, -0.1) is 11.3 Å². The average molecular weight is 152 g/mol. The third kappa shape index (κ3) is 1.49. The van der Waals surface area contributed by atoms with Gasteiger partial charge in [0, 0.05) is 4.88 Å². The van der Waals surface area contributed by atoms with E-state index in [-0.39, 0.29) is 0 Å². The van der Waals surface area contributed by atoms with Crippen LogP contribution in [0.15, 0.2) is 11.4 Å². The standard InChI is InChI=1S/C7H8N2S/c1-6-2-3-10-7(6)4-9-5-8/h2-3,9H,4H2,1H3. The molecule has 0 unspecified atom stereocenters. The lowest BCUT2D eigenvalue weighted by atomic mass is 10.3. The van der Waals surface area contributed by atoms with Gasteiger partial charge in [0.1, 0.15) is 0 Å². The van der Waals surface area contributed by atoms with Gasteiger partial charge in [-0.1, -0.05) is 0 Å². The molecule has 0 aliphatic heterocycles. The lowest BCUT2D eigenvalue weighted by molar-refractivity contribution is 0.895. The highest BCUT2D eigenvalue weighted by molar-refractivity contribution is 7.10. The summed E-state index contributed by atoms with van der Waals surface area (Å²) in [5.41, 5.74) is 1.26. The van der Waals surface area contributed by atoms with Crippen molar-refractivity contribution in [1.29, 1.82) is 5.26 Å². The van der Waals surface area contributed by atoms with E-state index in [1.165, 1.54) is 10.4 Å². The van der Waals surface area contributed by atoms with Crippen molar-refractivity contribution in [2.24, 2.45) is 0 Å². The van der Waals surface area contributed by atoms with Crippen LogP contribution in [0.3, 0.4) is 0 Å². The Kier molecular flexibility index (Phi) is 2.30. The fourth-order valence-electron chi connectivity index (χ4n) is 0.705. The number of nitriles is 1. The molecule has 3 heteroatoms. The van der Waals surface area contributed by atoms with Gasteiger partial charge in [0.25, 0.3) is 0 Å². The molecule has 0 bridgehead atoms. The van der Waals surface area contributed by atoms with Gasteiger partial charge in [0.05, 0.1) is 6.54 Å². The smallest absolute Gasteiger partial charge is 0.176 e. The van der Waals surface area contributed by atoms with E-state index in [0.717, 1.165) is 0 Å². The highest BCUT2D eigenvalue weighted by atomic mass is 32.1. The maximum absolute atomic E-state index is 8.20. The van der Waals surface area contributed by atoms with Crippen molar-refractivity contribution in [3.63, 3.8) is 0 Å². The predicted octanol–water partition coefficient (Wildman–Crippen LogP) is 1.63. The first-order valence-electron chi connectivity index (χ1n) is 2.99. The number of hydrogen-bond acceptors (Lipinski definition) is 3. The number of thiophene rings is 1. The second kappa shape index (κ2) is 3.23. The summed E-state index contributed by atoms with van der Waals surface area (Å²) in [6.45, 7) is 2.71. The lowest BCUT2D eigenvalue weighted by Gasteiger charge is -1.93. The van der Waals surface area contributed by atoms with Crippen LogP contribution in [0.5, 0.6) is 0 Å². The maximum Gasteiger partial charge on any atom is 0.176 e. The Bertz CT molecular complexity index is 246. The molecule has 52 valence electrons. The van der Waals surface area contributed by atoms with Gasteiger partial charge in [-0.05, 0) is 23.9 Å². The number of hydrogen-bond donors (Lipinski definition) is 1. The third-order valence-electron chi connectivity index (χ3n) is 1.30. The van der Waals surface area contributed by atoms with Crippen molar-refractivity contribution in [3.05, 3.63) is 21.9 Å². The summed E-state index contributed by atoms with van der Waals surface area (Å²) in [4.78, 5) is 1.24. The van der Waals surface area contributed by atoms with Crippen LogP contribution in [0.25, 0.3) is 0 Å². The fraction of sp³-hybridized carbons (Fsp3) is 0.286. The quantitative estimate of drug-likeness (QED) is 0.516. The largest absolute Gasteiger partial charge is 0.319 e. The van der Waals surface area contributed by atoms with E-state index in [4.69, 9.17) is 5.26 Å². The van der Waals surface area contributed by atoms with Crippen LogP contribution in [-0.2, 0) is 6.54 Å². The van der Waals surface area contributed by atoms with Crippen molar-refractivity contribution >= 4 is 11.3 Å². The molecule has 0 aromatic carbocycles. The Balaban J connectivity index is 2.59. The van der Waals surface area contributed by atoms with E-state index in [9.17, 15) is 0 Å². The topological polar surface area (TPSA) is 35.8 Å². The molecule has 0 atom stereocenters. The van der Waals surface area contributed by atoms with E-state index >= 15 is 0 Å². The Labute approximate surface area is 64.1 Å².